The molecule has 0 aliphatic heterocycles. The van der Waals surface area contributed by atoms with E-state index in [0.717, 1.165) is 5.56 Å². The van der Waals surface area contributed by atoms with Crippen molar-refractivity contribution in [3.05, 3.63) is 90.2 Å². The van der Waals surface area contributed by atoms with Crippen LogP contribution in [0.2, 0.25) is 0 Å². The first kappa shape index (κ1) is 24.4. The molecular weight excluding hydrogens is 441 g/mol. The lowest BCUT2D eigenvalue weighted by Gasteiger charge is -2.23. The Morgan fingerprint density at radius 1 is 0.909 bits per heavy atom. The Morgan fingerprint density at radius 2 is 1.52 bits per heavy atom. The SMILES string of the molecule is CC(C)(C)c1ccc(S(=O)(=O)NCCN(C(=O)Nc2ccccc2)c2ccc(F)cc2)cc1. The van der Waals surface area contributed by atoms with Crippen LogP contribution in [0.4, 0.5) is 20.6 Å². The number of urea groups is 1. The van der Waals surface area contributed by atoms with Gasteiger partial charge in [-0.25, -0.2) is 22.3 Å². The van der Waals surface area contributed by atoms with Crippen LogP contribution in [0.3, 0.4) is 0 Å². The van der Waals surface area contributed by atoms with E-state index in [9.17, 15) is 17.6 Å². The van der Waals surface area contributed by atoms with Crippen molar-refractivity contribution in [2.45, 2.75) is 31.1 Å². The maximum absolute atomic E-state index is 13.4. The molecule has 3 aromatic carbocycles. The number of nitrogens with one attached hydrogen (secondary N) is 2. The molecule has 2 amide bonds. The van der Waals surface area contributed by atoms with Crippen LogP contribution in [0.25, 0.3) is 0 Å². The molecule has 0 bridgehead atoms. The van der Waals surface area contributed by atoms with Crippen LogP contribution in [0.5, 0.6) is 0 Å². The molecule has 0 spiro atoms. The molecule has 0 unspecified atom stereocenters. The summed E-state index contributed by atoms with van der Waals surface area (Å²) in [6, 6.07) is 20.6. The fraction of sp³-hybridized carbons (Fsp3) is 0.240. The second kappa shape index (κ2) is 10.1. The van der Waals surface area contributed by atoms with E-state index in [1.54, 1.807) is 48.5 Å². The predicted octanol–water partition coefficient (Wildman–Crippen LogP) is 5.14. The lowest BCUT2D eigenvalue weighted by atomic mass is 9.87. The molecule has 0 radical (unpaired) electrons. The van der Waals surface area contributed by atoms with Crippen molar-refractivity contribution in [2.75, 3.05) is 23.3 Å². The Kier molecular flexibility index (Phi) is 7.50. The van der Waals surface area contributed by atoms with Crippen LogP contribution in [0.1, 0.15) is 26.3 Å². The van der Waals surface area contributed by atoms with Gasteiger partial charge in [-0.3, -0.25) is 4.90 Å². The standard InChI is InChI=1S/C25H28FN3O3S/c1-25(2,3)19-9-15-23(16-10-19)33(31,32)27-17-18-29(22-13-11-20(26)12-14-22)24(30)28-21-7-5-4-6-8-21/h4-16,27H,17-18H2,1-3H3,(H,28,30). The molecule has 3 aromatic rings. The highest BCUT2D eigenvalue weighted by molar-refractivity contribution is 7.89. The van der Waals surface area contributed by atoms with Crippen molar-refractivity contribution in [2.24, 2.45) is 0 Å². The minimum absolute atomic E-state index is 0.0249. The molecule has 2 N–H and O–H groups in total. The van der Waals surface area contributed by atoms with Gasteiger partial charge in [0, 0.05) is 24.5 Å². The van der Waals surface area contributed by atoms with E-state index < -0.39 is 21.9 Å². The van der Waals surface area contributed by atoms with Crippen molar-refractivity contribution in [3.8, 4) is 0 Å². The summed E-state index contributed by atoms with van der Waals surface area (Å²) < 4.78 is 41.4. The minimum atomic E-state index is -3.76. The summed E-state index contributed by atoms with van der Waals surface area (Å²) in [4.78, 5) is 14.4. The van der Waals surface area contributed by atoms with Crippen molar-refractivity contribution < 1.29 is 17.6 Å². The average molecular weight is 470 g/mol. The van der Waals surface area contributed by atoms with E-state index in [-0.39, 0.29) is 23.4 Å². The number of carbonyl (C=O) groups is 1. The molecule has 33 heavy (non-hydrogen) atoms. The number of amides is 2. The van der Waals surface area contributed by atoms with E-state index in [0.29, 0.717) is 11.4 Å². The van der Waals surface area contributed by atoms with Crippen molar-refractivity contribution >= 4 is 27.4 Å². The average Bonchev–Trinajstić information content (AvgIpc) is 2.78. The number of anilines is 2. The Hall–Kier alpha value is -3.23. The molecule has 174 valence electrons. The normalized spacial score (nSPS) is 11.8. The third-order valence-corrected chi connectivity index (χ3v) is 6.54. The summed E-state index contributed by atoms with van der Waals surface area (Å²) in [5, 5.41) is 2.77. The largest absolute Gasteiger partial charge is 0.326 e. The first-order valence-corrected chi connectivity index (χ1v) is 12.0. The smallest absolute Gasteiger partial charge is 0.308 e. The zero-order valence-electron chi connectivity index (χ0n) is 18.9. The lowest BCUT2D eigenvalue weighted by molar-refractivity contribution is 0.257. The molecule has 6 nitrogen and oxygen atoms in total. The van der Waals surface area contributed by atoms with Gasteiger partial charge in [0.25, 0.3) is 0 Å². The molecule has 0 atom stereocenters. The Labute approximate surface area is 194 Å². The number of hydrogen-bond acceptors (Lipinski definition) is 3. The van der Waals surface area contributed by atoms with Crippen LogP contribution in [0.15, 0.2) is 83.8 Å². The highest BCUT2D eigenvalue weighted by Gasteiger charge is 2.20. The van der Waals surface area contributed by atoms with Gasteiger partial charge in [0.2, 0.25) is 10.0 Å². The van der Waals surface area contributed by atoms with Gasteiger partial charge in [0.15, 0.2) is 0 Å². The van der Waals surface area contributed by atoms with E-state index >= 15 is 0 Å². The fourth-order valence-electron chi connectivity index (χ4n) is 3.19. The second-order valence-electron chi connectivity index (χ2n) is 8.60. The van der Waals surface area contributed by atoms with Crippen LogP contribution < -0.4 is 14.9 Å². The summed E-state index contributed by atoms with van der Waals surface area (Å²) in [6.07, 6.45) is 0. The number of para-hydroxylation sites is 1. The molecule has 0 heterocycles. The number of benzene rings is 3. The molecule has 0 fully saturated rings. The summed E-state index contributed by atoms with van der Waals surface area (Å²) >= 11 is 0. The molecule has 8 heteroatoms. The fourth-order valence-corrected chi connectivity index (χ4v) is 4.21. The Morgan fingerprint density at radius 3 is 2.09 bits per heavy atom. The Bertz CT molecular complexity index is 1170. The third-order valence-electron chi connectivity index (χ3n) is 5.07. The van der Waals surface area contributed by atoms with Crippen molar-refractivity contribution in [1.82, 2.24) is 4.72 Å². The molecule has 0 saturated carbocycles. The topological polar surface area (TPSA) is 78.5 Å². The lowest BCUT2D eigenvalue weighted by Crippen LogP contribution is -2.41. The van der Waals surface area contributed by atoms with Gasteiger partial charge in [0.05, 0.1) is 4.90 Å². The highest BCUT2D eigenvalue weighted by atomic mass is 32.2. The second-order valence-corrected chi connectivity index (χ2v) is 10.4. The first-order valence-electron chi connectivity index (χ1n) is 10.6. The minimum Gasteiger partial charge on any atom is -0.308 e. The summed E-state index contributed by atoms with van der Waals surface area (Å²) in [6.45, 7) is 6.18. The summed E-state index contributed by atoms with van der Waals surface area (Å²) in [5.41, 5.74) is 1.98. The van der Waals surface area contributed by atoms with Crippen LogP contribution in [0, 0.1) is 5.82 Å². The van der Waals surface area contributed by atoms with Crippen LogP contribution in [-0.2, 0) is 15.4 Å². The van der Waals surface area contributed by atoms with Crippen LogP contribution in [-0.4, -0.2) is 27.5 Å². The van der Waals surface area contributed by atoms with Gasteiger partial charge in [-0.1, -0.05) is 51.1 Å². The number of sulfonamides is 1. The monoisotopic (exact) mass is 469 g/mol. The number of hydrogen-bond donors (Lipinski definition) is 2. The van der Waals surface area contributed by atoms with Crippen molar-refractivity contribution in [1.29, 1.82) is 0 Å². The zero-order valence-corrected chi connectivity index (χ0v) is 19.7. The van der Waals surface area contributed by atoms with Gasteiger partial charge in [-0.15, -0.1) is 0 Å². The summed E-state index contributed by atoms with van der Waals surface area (Å²) in [7, 11) is -3.76. The first-order chi connectivity index (χ1) is 15.6. The maximum atomic E-state index is 13.4. The van der Waals surface area contributed by atoms with Gasteiger partial charge in [0.1, 0.15) is 5.82 Å². The van der Waals surface area contributed by atoms with Crippen LogP contribution >= 0.6 is 0 Å². The molecule has 0 aliphatic rings. The number of carbonyl (C=O) groups excluding carboxylic acids is 1. The predicted molar refractivity (Wildman–Crippen MR) is 130 cm³/mol. The maximum Gasteiger partial charge on any atom is 0.326 e. The third kappa shape index (κ3) is 6.63. The van der Waals surface area contributed by atoms with E-state index in [4.69, 9.17) is 0 Å². The number of halogens is 1. The van der Waals surface area contributed by atoms with Gasteiger partial charge < -0.3 is 5.32 Å². The summed E-state index contributed by atoms with van der Waals surface area (Å²) in [5.74, 6) is -0.429. The molecule has 3 rings (SSSR count). The quantitative estimate of drug-likeness (QED) is 0.503. The Balaban J connectivity index is 1.72. The van der Waals surface area contributed by atoms with Gasteiger partial charge in [-0.2, -0.15) is 0 Å². The molecular formula is C25H28FN3O3S. The van der Waals surface area contributed by atoms with Gasteiger partial charge in [-0.05, 0) is 59.5 Å². The molecule has 0 aliphatic carbocycles. The molecule has 0 saturated heterocycles. The molecule has 0 aromatic heterocycles. The van der Waals surface area contributed by atoms with E-state index in [1.807, 2.05) is 6.07 Å². The van der Waals surface area contributed by atoms with E-state index in [1.165, 1.54) is 29.2 Å². The van der Waals surface area contributed by atoms with Gasteiger partial charge >= 0.3 is 6.03 Å². The highest BCUT2D eigenvalue weighted by Crippen LogP contribution is 2.23. The number of nitrogens with zero attached hydrogens (tertiary/aromatic N) is 1. The number of rotatable bonds is 7. The zero-order chi connectivity index (χ0) is 24.1. The van der Waals surface area contributed by atoms with Crippen molar-refractivity contribution in [3.63, 3.8) is 0 Å². The van der Waals surface area contributed by atoms with E-state index in [2.05, 4.69) is 30.8 Å².